The lowest BCUT2D eigenvalue weighted by molar-refractivity contribution is -0.150. The number of hydrogen-bond acceptors (Lipinski definition) is 3. The van der Waals surface area contributed by atoms with Gasteiger partial charge in [-0.25, -0.2) is 0 Å². The van der Waals surface area contributed by atoms with Gasteiger partial charge < -0.3 is 10.2 Å². The van der Waals surface area contributed by atoms with Crippen molar-refractivity contribution in [2.45, 2.75) is 38.8 Å². The van der Waals surface area contributed by atoms with Gasteiger partial charge in [0.05, 0.1) is 6.54 Å². The van der Waals surface area contributed by atoms with Crippen LogP contribution in [0.4, 0.5) is 0 Å². The molecule has 0 bridgehead atoms. The van der Waals surface area contributed by atoms with E-state index in [4.69, 9.17) is 0 Å². The molecule has 0 aromatic rings. The van der Waals surface area contributed by atoms with E-state index in [-0.39, 0.29) is 36.4 Å². The summed E-state index contributed by atoms with van der Waals surface area (Å²) in [4.78, 5) is 25.8. The topological polar surface area (TPSA) is 66.5 Å². The van der Waals surface area contributed by atoms with Crippen LogP contribution in [0.2, 0.25) is 0 Å². The summed E-state index contributed by atoms with van der Waals surface area (Å²) in [5.41, 5.74) is 0. The van der Waals surface area contributed by atoms with Gasteiger partial charge in [-0.15, -0.1) is 0 Å². The summed E-state index contributed by atoms with van der Waals surface area (Å²) in [5.74, 6) is 1.31. The third-order valence-corrected chi connectivity index (χ3v) is 5.03. The number of rotatable bonds is 2. The van der Waals surface area contributed by atoms with Crippen molar-refractivity contribution >= 4 is 22.6 Å². The number of amides is 2. The van der Waals surface area contributed by atoms with Crippen LogP contribution in [0.25, 0.3) is 0 Å². The molecule has 102 valence electrons. The molecule has 1 atom stereocenters. The first-order chi connectivity index (χ1) is 8.50. The molecule has 1 N–H and O–H groups in total. The van der Waals surface area contributed by atoms with Crippen LogP contribution in [0.1, 0.15) is 26.7 Å². The molecule has 5 nitrogen and oxygen atoms in total. The summed E-state index contributed by atoms with van der Waals surface area (Å²) in [7, 11) is -0.746. The average molecular weight is 272 g/mol. The van der Waals surface area contributed by atoms with Gasteiger partial charge in [0.25, 0.3) is 0 Å². The van der Waals surface area contributed by atoms with Gasteiger partial charge in [0.1, 0.15) is 6.04 Å². The molecule has 2 aliphatic heterocycles. The summed E-state index contributed by atoms with van der Waals surface area (Å²) >= 11 is 0. The largest absolute Gasteiger partial charge is 0.345 e. The molecule has 2 fully saturated rings. The van der Waals surface area contributed by atoms with Crippen molar-refractivity contribution in [2.24, 2.45) is 5.92 Å². The first-order valence-corrected chi connectivity index (χ1v) is 7.93. The minimum absolute atomic E-state index is 0.00835. The second-order valence-electron chi connectivity index (χ2n) is 5.29. The molecule has 0 aromatic heterocycles. The highest BCUT2D eigenvalue weighted by atomic mass is 32.2. The molecule has 0 saturated carbocycles. The van der Waals surface area contributed by atoms with Crippen molar-refractivity contribution in [3.8, 4) is 0 Å². The third-order valence-electron chi connectivity index (χ3n) is 3.65. The smallest absolute Gasteiger partial charge is 0.243 e. The van der Waals surface area contributed by atoms with Crippen molar-refractivity contribution in [2.75, 3.05) is 18.1 Å². The van der Waals surface area contributed by atoms with Gasteiger partial charge >= 0.3 is 0 Å². The van der Waals surface area contributed by atoms with E-state index in [1.807, 2.05) is 13.8 Å². The zero-order valence-electron chi connectivity index (χ0n) is 10.8. The van der Waals surface area contributed by atoms with Gasteiger partial charge in [-0.05, 0) is 18.8 Å². The fourth-order valence-electron chi connectivity index (χ4n) is 2.75. The number of piperazine rings is 1. The van der Waals surface area contributed by atoms with Crippen molar-refractivity contribution in [3.63, 3.8) is 0 Å². The zero-order chi connectivity index (χ0) is 13.3. The van der Waals surface area contributed by atoms with E-state index in [1.165, 1.54) is 0 Å². The van der Waals surface area contributed by atoms with E-state index >= 15 is 0 Å². The Bertz CT molecular complexity index is 374. The molecule has 2 amide bonds. The molecule has 0 aliphatic carbocycles. The standard InChI is InChI=1S/C12H20N2O3S/c1-8(2)11-12(16)13-7-10(15)14(11)9-3-5-18(17)6-4-9/h8-9,11H,3-7H2,1-2H3,(H,13,16). The van der Waals surface area contributed by atoms with Gasteiger partial charge in [0.2, 0.25) is 11.8 Å². The van der Waals surface area contributed by atoms with Crippen LogP contribution in [-0.4, -0.2) is 51.1 Å². The van der Waals surface area contributed by atoms with Gasteiger partial charge in [0.15, 0.2) is 0 Å². The first kappa shape index (κ1) is 13.5. The SMILES string of the molecule is CC(C)C1C(=O)NCC(=O)N1C1CCS(=O)CC1. The minimum Gasteiger partial charge on any atom is -0.345 e. The van der Waals surface area contributed by atoms with Crippen molar-refractivity contribution in [1.82, 2.24) is 10.2 Å². The van der Waals surface area contributed by atoms with Crippen LogP contribution in [0.3, 0.4) is 0 Å². The minimum atomic E-state index is -0.746. The number of carbonyl (C=O) groups excluding carboxylic acids is 2. The molecule has 0 spiro atoms. The van der Waals surface area contributed by atoms with Crippen LogP contribution in [0, 0.1) is 5.92 Å². The summed E-state index contributed by atoms with van der Waals surface area (Å²) in [6.45, 7) is 4.01. The van der Waals surface area contributed by atoms with E-state index in [0.29, 0.717) is 11.5 Å². The second-order valence-corrected chi connectivity index (χ2v) is 6.98. The number of carbonyl (C=O) groups is 2. The highest BCUT2D eigenvalue weighted by molar-refractivity contribution is 7.85. The Hall–Kier alpha value is -0.910. The van der Waals surface area contributed by atoms with Gasteiger partial charge in [-0.1, -0.05) is 13.8 Å². The Kier molecular flexibility index (Phi) is 4.04. The zero-order valence-corrected chi connectivity index (χ0v) is 11.7. The van der Waals surface area contributed by atoms with Crippen LogP contribution in [-0.2, 0) is 20.4 Å². The Morgan fingerprint density at radius 3 is 2.44 bits per heavy atom. The number of hydrogen-bond donors (Lipinski definition) is 1. The molecule has 2 aliphatic rings. The van der Waals surface area contributed by atoms with Gasteiger partial charge in [-0.3, -0.25) is 13.8 Å². The van der Waals surface area contributed by atoms with E-state index in [2.05, 4.69) is 5.32 Å². The van der Waals surface area contributed by atoms with Crippen LogP contribution < -0.4 is 5.32 Å². The maximum Gasteiger partial charge on any atom is 0.243 e. The van der Waals surface area contributed by atoms with Crippen LogP contribution >= 0.6 is 0 Å². The lowest BCUT2D eigenvalue weighted by Crippen LogP contribution is -2.63. The van der Waals surface area contributed by atoms with Gasteiger partial charge in [0, 0.05) is 28.3 Å². The number of nitrogens with zero attached hydrogens (tertiary/aromatic N) is 1. The predicted octanol–water partition coefficient (Wildman–Crippen LogP) is -0.119. The van der Waals surface area contributed by atoms with Crippen LogP contribution in [0.15, 0.2) is 0 Å². The predicted molar refractivity (Wildman–Crippen MR) is 69.4 cm³/mol. The first-order valence-electron chi connectivity index (χ1n) is 6.44. The molecule has 0 aromatic carbocycles. The normalized spacial score (nSPS) is 33.7. The monoisotopic (exact) mass is 272 g/mol. The van der Waals surface area contributed by atoms with Crippen molar-refractivity contribution in [3.05, 3.63) is 0 Å². The van der Waals surface area contributed by atoms with Crippen molar-refractivity contribution in [1.29, 1.82) is 0 Å². The maximum atomic E-state index is 12.1. The molecule has 2 heterocycles. The molecule has 6 heteroatoms. The quantitative estimate of drug-likeness (QED) is 0.762. The third kappa shape index (κ3) is 2.58. The summed E-state index contributed by atoms with van der Waals surface area (Å²) < 4.78 is 11.4. The second kappa shape index (κ2) is 5.38. The Balaban J connectivity index is 2.17. The molecule has 18 heavy (non-hydrogen) atoms. The lowest BCUT2D eigenvalue weighted by atomic mass is 9.95. The fourth-order valence-corrected chi connectivity index (χ4v) is 4.03. The van der Waals surface area contributed by atoms with E-state index < -0.39 is 10.8 Å². The molecular formula is C12H20N2O3S. The highest BCUT2D eigenvalue weighted by Gasteiger charge is 2.41. The van der Waals surface area contributed by atoms with Crippen molar-refractivity contribution < 1.29 is 13.8 Å². The molecular weight excluding hydrogens is 252 g/mol. The number of nitrogens with one attached hydrogen (secondary N) is 1. The Labute approximate surface area is 110 Å². The molecule has 1 unspecified atom stereocenters. The molecule has 2 saturated heterocycles. The van der Waals surface area contributed by atoms with E-state index in [1.54, 1.807) is 4.90 Å². The lowest BCUT2D eigenvalue weighted by Gasteiger charge is -2.43. The highest BCUT2D eigenvalue weighted by Crippen LogP contribution is 2.24. The van der Waals surface area contributed by atoms with E-state index in [0.717, 1.165) is 12.8 Å². The summed E-state index contributed by atoms with van der Waals surface area (Å²) in [6, 6.07) is -0.295. The van der Waals surface area contributed by atoms with Gasteiger partial charge in [-0.2, -0.15) is 0 Å². The fraction of sp³-hybridized carbons (Fsp3) is 0.833. The molecule has 2 rings (SSSR count). The Morgan fingerprint density at radius 1 is 1.28 bits per heavy atom. The van der Waals surface area contributed by atoms with Crippen LogP contribution in [0.5, 0.6) is 0 Å². The maximum absolute atomic E-state index is 12.1. The van der Waals surface area contributed by atoms with E-state index in [9.17, 15) is 13.8 Å². The summed E-state index contributed by atoms with van der Waals surface area (Å²) in [5, 5.41) is 2.65. The average Bonchev–Trinajstić information content (AvgIpc) is 2.32. The Morgan fingerprint density at radius 2 is 1.89 bits per heavy atom. The summed E-state index contributed by atoms with van der Waals surface area (Å²) in [6.07, 6.45) is 1.49. The molecule has 0 radical (unpaired) electrons.